The Morgan fingerprint density at radius 1 is 1.06 bits per heavy atom. The van der Waals surface area contributed by atoms with Gasteiger partial charge in [0.15, 0.2) is 5.78 Å². The highest BCUT2D eigenvalue weighted by Gasteiger charge is 2.13. The topological polar surface area (TPSA) is 43.1 Å². The normalized spacial score (nSPS) is 10.4. The second-order valence-corrected chi connectivity index (χ2v) is 4.80. The summed E-state index contributed by atoms with van der Waals surface area (Å²) in [7, 11) is 0. The van der Waals surface area contributed by atoms with E-state index in [1.165, 1.54) is 0 Å². The van der Waals surface area contributed by atoms with Crippen LogP contribution in [-0.2, 0) is 0 Å². The summed E-state index contributed by atoms with van der Waals surface area (Å²) in [6.45, 7) is 3.84. The average Bonchev–Trinajstić information content (AvgIpc) is 2.34. The number of benzene rings is 2. The highest BCUT2D eigenvalue weighted by atomic mass is 35.5. The van der Waals surface area contributed by atoms with Crippen molar-refractivity contribution >= 4 is 23.1 Å². The SMILES string of the molecule is Cc1cc(C)c(C(=O)c2ccc(Cl)cc2)cc1N. The Morgan fingerprint density at radius 3 is 2.28 bits per heavy atom. The minimum Gasteiger partial charge on any atom is -0.398 e. The molecule has 92 valence electrons. The van der Waals surface area contributed by atoms with Crippen molar-refractivity contribution in [3.8, 4) is 0 Å². The molecule has 0 heterocycles. The first-order valence-electron chi connectivity index (χ1n) is 5.66. The number of aryl methyl sites for hydroxylation is 2. The lowest BCUT2D eigenvalue weighted by Crippen LogP contribution is -2.05. The summed E-state index contributed by atoms with van der Waals surface area (Å²) < 4.78 is 0. The highest BCUT2D eigenvalue weighted by molar-refractivity contribution is 6.30. The first-order chi connectivity index (χ1) is 8.49. The van der Waals surface area contributed by atoms with E-state index in [-0.39, 0.29) is 5.78 Å². The van der Waals surface area contributed by atoms with Crippen molar-refractivity contribution in [2.24, 2.45) is 0 Å². The molecule has 2 nitrogen and oxygen atoms in total. The van der Waals surface area contributed by atoms with Crippen molar-refractivity contribution in [1.29, 1.82) is 0 Å². The molecule has 0 aliphatic heterocycles. The van der Waals surface area contributed by atoms with Gasteiger partial charge in [0.05, 0.1) is 0 Å². The zero-order valence-corrected chi connectivity index (χ0v) is 11.1. The molecule has 2 rings (SSSR count). The van der Waals surface area contributed by atoms with Gasteiger partial charge in [0.2, 0.25) is 0 Å². The minimum absolute atomic E-state index is 0.0316. The number of carbonyl (C=O) groups excluding carboxylic acids is 1. The number of halogens is 1. The fraction of sp³-hybridized carbons (Fsp3) is 0.133. The van der Waals surface area contributed by atoms with Gasteiger partial charge in [-0.2, -0.15) is 0 Å². The average molecular weight is 260 g/mol. The van der Waals surface area contributed by atoms with Gasteiger partial charge in [-0.1, -0.05) is 17.7 Å². The lowest BCUT2D eigenvalue weighted by Gasteiger charge is -2.09. The van der Waals surface area contributed by atoms with E-state index in [2.05, 4.69) is 0 Å². The standard InChI is InChI=1S/C15H14ClNO/c1-9-7-10(2)14(17)8-13(9)15(18)11-3-5-12(16)6-4-11/h3-8H,17H2,1-2H3. The Hall–Kier alpha value is -1.80. The largest absolute Gasteiger partial charge is 0.398 e. The predicted octanol–water partition coefficient (Wildman–Crippen LogP) is 3.77. The number of rotatable bonds is 2. The Morgan fingerprint density at radius 2 is 1.67 bits per heavy atom. The molecular formula is C15H14ClNO. The molecule has 0 aliphatic rings. The molecule has 2 aromatic rings. The molecule has 2 N–H and O–H groups in total. The Labute approximate surface area is 111 Å². The minimum atomic E-state index is -0.0316. The molecule has 18 heavy (non-hydrogen) atoms. The summed E-state index contributed by atoms with van der Waals surface area (Å²) in [5.74, 6) is -0.0316. The third-order valence-electron chi connectivity index (χ3n) is 2.96. The van der Waals surface area contributed by atoms with Gasteiger partial charge in [0.25, 0.3) is 0 Å². The van der Waals surface area contributed by atoms with Crippen LogP contribution >= 0.6 is 11.6 Å². The van der Waals surface area contributed by atoms with Crippen LogP contribution in [0, 0.1) is 13.8 Å². The fourth-order valence-corrected chi connectivity index (χ4v) is 2.00. The van der Waals surface area contributed by atoms with Crippen molar-refractivity contribution in [2.75, 3.05) is 5.73 Å². The molecule has 3 heteroatoms. The maximum atomic E-state index is 12.3. The molecular weight excluding hydrogens is 246 g/mol. The number of hydrogen-bond acceptors (Lipinski definition) is 2. The Balaban J connectivity index is 2.46. The summed E-state index contributed by atoms with van der Waals surface area (Å²) in [5.41, 5.74) is 9.67. The van der Waals surface area contributed by atoms with E-state index in [0.29, 0.717) is 21.8 Å². The summed E-state index contributed by atoms with van der Waals surface area (Å²) in [5, 5.41) is 0.617. The van der Waals surface area contributed by atoms with Crippen molar-refractivity contribution in [3.63, 3.8) is 0 Å². The van der Waals surface area contributed by atoms with Gasteiger partial charge in [0, 0.05) is 21.8 Å². The molecule has 0 fully saturated rings. The lowest BCUT2D eigenvalue weighted by atomic mass is 9.96. The van der Waals surface area contributed by atoms with Crippen molar-refractivity contribution in [1.82, 2.24) is 0 Å². The fourth-order valence-electron chi connectivity index (χ4n) is 1.87. The van der Waals surface area contributed by atoms with Crippen LogP contribution in [0.1, 0.15) is 27.0 Å². The van der Waals surface area contributed by atoms with Crippen LogP contribution in [0.2, 0.25) is 5.02 Å². The summed E-state index contributed by atoms with van der Waals surface area (Å²) in [6.07, 6.45) is 0. The maximum absolute atomic E-state index is 12.3. The van der Waals surface area contributed by atoms with E-state index in [4.69, 9.17) is 17.3 Å². The molecule has 0 amide bonds. The molecule has 0 radical (unpaired) electrons. The van der Waals surface area contributed by atoms with Gasteiger partial charge in [0.1, 0.15) is 0 Å². The van der Waals surface area contributed by atoms with Gasteiger partial charge in [-0.25, -0.2) is 0 Å². The Kier molecular flexibility index (Phi) is 3.39. The van der Waals surface area contributed by atoms with E-state index in [9.17, 15) is 4.79 Å². The molecule has 2 aromatic carbocycles. The number of carbonyl (C=O) groups is 1. The van der Waals surface area contributed by atoms with Crippen LogP contribution in [0.3, 0.4) is 0 Å². The quantitative estimate of drug-likeness (QED) is 0.659. The monoisotopic (exact) mass is 259 g/mol. The number of hydrogen-bond donors (Lipinski definition) is 1. The predicted molar refractivity (Wildman–Crippen MR) is 75.2 cm³/mol. The van der Waals surface area contributed by atoms with Crippen molar-refractivity contribution in [2.45, 2.75) is 13.8 Å². The molecule has 0 saturated carbocycles. The van der Waals surface area contributed by atoms with Gasteiger partial charge < -0.3 is 5.73 Å². The van der Waals surface area contributed by atoms with E-state index < -0.39 is 0 Å². The Bertz CT molecular complexity index is 603. The van der Waals surface area contributed by atoms with Gasteiger partial charge in [-0.3, -0.25) is 4.79 Å². The molecule has 0 spiro atoms. The van der Waals surface area contributed by atoms with Gasteiger partial charge in [-0.15, -0.1) is 0 Å². The second kappa shape index (κ2) is 4.83. The van der Waals surface area contributed by atoms with E-state index in [1.54, 1.807) is 30.3 Å². The summed E-state index contributed by atoms with van der Waals surface area (Å²) in [4.78, 5) is 12.3. The number of nitrogen functional groups attached to an aromatic ring is 1. The van der Waals surface area contributed by atoms with Crippen LogP contribution in [-0.4, -0.2) is 5.78 Å². The molecule has 0 bridgehead atoms. The smallest absolute Gasteiger partial charge is 0.193 e. The maximum Gasteiger partial charge on any atom is 0.193 e. The third kappa shape index (κ3) is 2.39. The zero-order valence-electron chi connectivity index (χ0n) is 10.3. The van der Waals surface area contributed by atoms with Gasteiger partial charge >= 0.3 is 0 Å². The number of nitrogens with two attached hydrogens (primary N) is 1. The van der Waals surface area contributed by atoms with E-state index in [0.717, 1.165) is 11.1 Å². The highest BCUT2D eigenvalue weighted by Crippen LogP contribution is 2.21. The molecule has 0 saturated heterocycles. The van der Waals surface area contributed by atoms with Crippen molar-refractivity contribution < 1.29 is 4.79 Å². The molecule has 0 aliphatic carbocycles. The van der Waals surface area contributed by atoms with Crippen LogP contribution in [0.25, 0.3) is 0 Å². The van der Waals surface area contributed by atoms with Gasteiger partial charge in [-0.05, 0) is 55.3 Å². The summed E-state index contributed by atoms with van der Waals surface area (Å²) >= 11 is 5.81. The van der Waals surface area contributed by atoms with Crippen LogP contribution < -0.4 is 5.73 Å². The third-order valence-corrected chi connectivity index (χ3v) is 3.22. The van der Waals surface area contributed by atoms with Crippen LogP contribution in [0.5, 0.6) is 0 Å². The molecule has 0 unspecified atom stereocenters. The molecule has 0 aromatic heterocycles. The molecule has 0 atom stereocenters. The van der Waals surface area contributed by atoms with Crippen molar-refractivity contribution in [3.05, 3.63) is 63.7 Å². The lowest BCUT2D eigenvalue weighted by molar-refractivity contribution is 0.103. The summed E-state index contributed by atoms with van der Waals surface area (Å²) in [6, 6.07) is 10.5. The van der Waals surface area contributed by atoms with Crippen LogP contribution in [0.15, 0.2) is 36.4 Å². The second-order valence-electron chi connectivity index (χ2n) is 4.36. The van der Waals surface area contributed by atoms with E-state index >= 15 is 0 Å². The first kappa shape index (κ1) is 12.7. The van der Waals surface area contributed by atoms with Crippen LogP contribution in [0.4, 0.5) is 5.69 Å². The first-order valence-corrected chi connectivity index (χ1v) is 6.04. The van der Waals surface area contributed by atoms with E-state index in [1.807, 2.05) is 19.9 Å². The number of ketones is 1. The zero-order chi connectivity index (χ0) is 13.3. The number of anilines is 1.